The molecule has 2 saturated heterocycles. The molecule has 1 aromatic heterocycles. The molecule has 0 bridgehead atoms. The third-order valence-corrected chi connectivity index (χ3v) is 5.61. The van der Waals surface area contributed by atoms with Gasteiger partial charge < -0.3 is 20.0 Å². The Balaban J connectivity index is 0.00000280. The van der Waals surface area contributed by atoms with Crippen LogP contribution in [0.15, 0.2) is 27.8 Å². The Morgan fingerprint density at radius 2 is 1.86 bits per heavy atom. The van der Waals surface area contributed by atoms with Crippen molar-refractivity contribution in [1.29, 1.82) is 0 Å². The first-order valence-electron chi connectivity index (χ1n) is 10.9. The number of unbranched alkanes of at least 4 members (excludes halogenated alkanes) is 1. The Bertz CT molecular complexity index is 539. The fraction of sp³-hybridized carbons (Fsp3) is 0.762. The van der Waals surface area contributed by atoms with Crippen molar-refractivity contribution in [2.75, 3.05) is 52.4 Å². The quantitative estimate of drug-likeness (QED) is 0.222. The first kappa shape index (κ1) is 23.5. The molecular weight excluding hydrogens is 465 g/mol. The first-order chi connectivity index (χ1) is 13.4. The third kappa shape index (κ3) is 7.55. The zero-order chi connectivity index (χ0) is 18.7. The smallest absolute Gasteiger partial charge is 0.191 e. The Morgan fingerprint density at radius 3 is 2.54 bits per heavy atom. The van der Waals surface area contributed by atoms with Crippen molar-refractivity contribution in [1.82, 2.24) is 20.4 Å². The second-order valence-electron chi connectivity index (χ2n) is 7.68. The summed E-state index contributed by atoms with van der Waals surface area (Å²) in [5, 5.41) is 6.89. The molecule has 2 aliphatic rings. The average molecular weight is 503 g/mol. The Kier molecular flexibility index (Phi) is 11.3. The van der Waals surface area contributed by atoms with Crippen molar-refractivity contribution in [3.8, 4) is 0 Å². The number of aliphatic imine (C=N–C) groups is 1. The summed E-state index contributed by atoms with van der Waals surface area (Å²) in [6, 6.07) is 4.30. The lowest BCUT2D eigenvalue weighted by atomic mass is 10.2. The van der Waals surface area contributed by atoms with Gasteiger partial charge in [0.15, 0.2) is 5.96 Å². The zero-order valence-corrected chi connectivity index (χ0v) is 19.7. The van der Waals surface area contributed by atoms with E-state index in [-0.39, 0.29) is 30.0 Å². The van der Waals surface area contributed by atoms with Crippen molar-refractivity contribution in [3.05, 3.63) is 24.2 Å². The highest BCUT2D eigenvalue weighted by atomic mass is 127. The minimum atomic E-state index is 0. The van der Waals surface area contributed by atoms with Crippen LogP contribution in [0.4, 0.5) is 0 Å². The van der Waals surface area contributed by atoms with E-state index in [9.17, 15) is 0 Å². The van der Waals surface area contributed by atoms with Crippen molar-refractivity contribution in [3.63, 3.8) is 0 Å². The molecule has 1 unspecified atom stereocenters. The van der Waals surface area contributed by atoms with Crippen LogP contribution in [0.3, 0.4) is 0 Å². The predicted molar refractivity (Wildman–Crippen MR) is 127 cm³/mol. The van der Waals surface area contributed by atoms with Gasteiger partial charge in [0.05, 0.1) is 18.8 Å². The monoisotopic (exact) mass is 503 g/mol. The van der Waals surface area contributed by atoms with Gasteiger partial charge in [0.1, 0.15) is 5.76 Å². The lowest BCUT2D eigenvalue weighted by molar-refractivity contribution is 0.221. The normalized spacial score (nSPS) is 19.5. The molecule has 6 nitrogen and oxygen atoms in total. The summed E-state index contributed by atoms with van der Waals surface area (Å²) in [6.07, 6.45) is 9.52. The molecule has 0 saturated carbocycles. The van der Waals surface area contributed by atoms with Crippen LogP contribution >= 0.6 is 24.0 Å². The van der Waals surface area contributed by atoms with E-state index in [1.807, 2.05) is 6.07 Å². The number of nitrogens with one attached hydrogen (secondary N) is 2. The van der Waals surface area contributed by atoms with Gasteiger partial charge in [-0.3, -0.25) is 9.89 Å². The third-order valence-electron chi connectivity index (χ3n) is 5.61. The van der Waals surface area contributed by atoms with Crippen molar-refractivity contribution in [2.45, 2.75) is 51.5 Å². The molecule has 2 aliphatic heterocycles. The predicted octanol–water partition coefficient (Wildman–Crippen LogP) is 3.47. The standard InChI is InChI=1S/C21H37N5O.HI/c1-2-22-21(23-11-3-4-12-25-13-5-6-14-25)24-18-19(20-10-9-17-27-20)26-15-7-8-16-26;/h9-10,17,19H,2-8,11-16,18H2,1H3,(H2,22,23,24);1H. The van der Waals surface area contributed by atoms with Crippen LogP contribution in [-0.4, -0.2) is 68.1 Å². The highest BCUT2D eigenvalue weighted by Gasteiger charge is 2.25. The van der Waals surface area contributed by atoms with Crippen molar-refractivity contribution >= 4 is 29.9 Å². The van der Waals surface area contributed by atoms with Gasteiger partial charge in [-0.1, -0.05) is 0 Å². The van der Waals surface area contributed by atoms with Crippen LogP contribution in [0.2, 0.25) is 0 Å². The molecule has 0 radical (unpaired) electrons. The number of likely N-dealkylation sites (tertiary alicyclic amines) is 2. The second-order valence-corrected chi connectivity index (χ2v) is 7.68. The van der Waals surface area contributed by atoms with Gasteiger partial charge in [0, 0.05) is 13.1 Å². The van der Waals surface area contributed by atoms with Crippen LogP contribution in [0, 0.1) is 0 Å². The number of furan rings is 1. The number of halogens is 1. The lowest BCUT2D eigenvalue weighted by Crippen LogP contribution is -2.39. The summed E-state index contributed by atoms with van der Waals surface area (Å²) in [6.45, 7) is 10.8. The van der Waals surface area contributed by atoms with E-state index < -0.39 is 0 Å². The maximum atomic E-state index is 5.71. The van der Waals surface area contributed by atoms with Crippen molar-refractivity contribution in [2.24, 2.45) is 4.99 Å². The summed E-state index contributed by atoms with van der Waals surface area (Å²) in [7, 11) is 0. The molecule has 0 amide bonds. The molecule has 2 fully saturated rings. The molecule has 3 heterocycles. The Labute approximate surface area is 187 Å². The van der Waals surface area contributed by atoms with E-state index in [1.54, 1.807) is 6.26 Å². The summed E-state index contributed by atoms with van der Waals surface area (Å²) < 4.78 is 5.71. The summed E-state index contributed by atoms with van der Waals surface area (Å²) in [5.41, 5.74) is 0. The zero-order valence-electron chi connectivity index (χ0n) is 17.4. The van der Waals surface area contributed by atoms with Crippen LogP contribution in [0.1, 0.15) is 57.3 Å². The molecule has 160 valence electrons. The van der Waals surface area contributed by atoms with Gasteiger partial charge in [-0.05, 0) is 90.3 Å². The van der Waals surface area contributed by atoms with Gasteiger partial charge in [0.25, 0.3) is 0 Å². The lowest BCUT2D eigenvalue weighted by Gasteiger charge is -2.24. The van der Waals surface area contributed by atoms with Crippen LogP contribution in [0.25, 0.3) is 0 Å². The maximum absolute atomic E-state index is 5.71. The summed E-state index contributed by atoms with van der Waals surface area (Å²) >= 11 is 0. The van der Waals surface area contributed by atoms with E-state index in [2.05, 4.69) is 33.4 Å². The molecule has 3 rings (SSSR count). The van der Waals surface area contributed by atoms with Gasteiger partial charge in [-0.15, -0.1) is 24.0 Å². The fourth-order valence-corrected chi connectivity index (χ4v) is 4.11. The van der Waals surface area contributed by atoms with Crippen LogP contribution in [0.5, 0.6) is 0 Å². The Hall–Kier alpha value is -0.800. The molecule has 1 atom stereocenters. The summed E-state index contributed by atoms with van der Waals surface area (Å²) in [5.74, 6) is 1.96. The number of hydrogen-bond donors (Lipinski definition) is 2. The van der Waals surface area contributed by atoms with E-state index in [1.165, 1.54) is 58.2 Å². The minimum Gasteiger partial charge on any atom is -0.468 e. The van der Waals surface area contributed by atoms with Gasteiger partial charge >= 0.3 is 0 Å². The highest BCUT2D eigenvalue weighted by molar-refractivity contribution is 14.0. The first-order valence-corrected chi connectivity index (χ1v) is 10.9. The largest absolute Gasteiger partial charge is 0.468 e. The Morgan fingerprint density at radius 1 is 1.11 bits per heavy atom. The van der Waals surface area contributed by atoms with Crippen LogP contribution < -0.4 is 10.6 Å². The minimum absolute atomic E-state index is 0. The van der Waals surface area contributed by atoms with Crippen LogP contribution in [-0.2, 0) is 0 Å². The maximum Gasteiger partial charge on any atom is 0.191 e. The van der Waals surface area contributed by atoms with E-state index >= 15 is 0 Å². The second kappa shape index (κ2) is 13.4. The number of guanidine groups is 1. The van der Waals surface area contributed by atoms with Crippen molar-refractivity contribution < 1.29 is 4.42 Å². The molecule has 0 spiro atoms. The molecule has 0 aromatic carbocycles. The number of nitrogens with zero attached hydrogens (tertiary/aromatic N) is 3. The van der Waals surface area contributed by atoms with Gasteiger partial charge in [0.2, 0.25) is 0 Å². The fourth-order valence-electron chi connectivity index (χ4n) is 4.11. The van der Waals surface area contributed by atoms with E-state index in [0.717, 1.165) is 44.4 Å². The molecule has 0 aliphatic carbocycles. The van der Waals surface area contributed by atoms with E-state index in [4.69, 9.17) is 9.41 Å². The topological polar surface area (TPSA) is 56.0 Å². The number of hydrogen-bond acceptors (Lipinski definition) is 4. The SMILES string of the molecule is CCNC(=NCC(c1ccco1)N1CCCC1)NCCCCN1CCCC1.I. The van der Waals surface area contributed by atoms with E-state index in [0.29, 0.717) is 0 Å². The molecule has 1 aromatic rings. The average Bonchev–Trinajstić information content (AvgIpc) is 3.44. The molecule has 7 heteroatoms. The van der Waals surface area contributed by atoms with Gasteiger partial charge in [-0.25, -0.2) is 0 Å². The molecule has 2 N–H and O–H groups in total. The highest BCUT2D eigenvalue weighted by Crippen LogP contribution is 2.25. The molecule has 28 heavy (non-hydrogen) atoms. The molecular formula is C21H38IN5O. The summed E-state index contributed by atoms with van der Waals surface area (Å²) in [4.78, 5) is 9.96. The van der Waals surface area contributed by atoms with Gasteiger partial charge in [-0.2, -0.15) is 0 Å². The number of rotatable bonds is 10.